The molecule has 0 radical (unpaired) electrons. The fraction of sp³-hybridized carbons (Fsp3) is 0.533. The van der Waals surface area contributed by atoms with E-state index in [1.807, 2.05) is 11.9 Å². The summed E-state index contributed by atoms with van der Waals surface area (Å²) >= 11 is 1.73. The van der Waals surface area contributed by atoms with Gasteiger partial charge in [0.25, 0.3) is 0 Å². The van der Waals surface area contributed by atoms with E-state index in [2.05, 4.69) is 35.8 Å². The van der Waals surface area contributed by atoms with Crippen molar-refractivity contribution in [2.24, 2.45) is 0 Å². The number of nitrogens with one attached hydrogen (secondary N) is 1. The molecule has 0 aromatic heterocycles. The zero-order valence-corrected chi connectivity index (χ0v) is 12.5. The molecule has 1 saturated heterocycles. The van der Waals surface area contributed by atoms with Crippen molar-refractivity contribution in [1.29, 1.82) is 0 Å². The van der Waals surface area contributed by atoms with Gasteiger partial charge < -0.3 is 10.2 Å². The predicted molar refractivity (Wildman–Crippen MR) is 80.3 cm³/mol. The van der Waals surface area contributed by atoms with Crippen molar-refractivity contribution >= 4 is 17.7 Å². The number of carbonyl (C=O) groups is 1. The Morgan fingerprint density at radius 1 is 1.37 bits per heavy atom. The molecular weight excluding hydrogens is 256 g/mol. The van der Waals surface area contributed by atoms with Crippen LogP contribution < -0.4 is 5.32 Å². The first-order valence-electron chi connectivity index (χ1n) is 6.82. The molecule has 1 atom stereocenters. The van der Waals surface area contributed by atoms with Crippen LogP contribution in [0.5, 0.6) is 0 Å². The number of nitrogens with zero attached hydrogens (tertiary/aromatic N) is 1. The Morgan fingerprint density at radius 3 is 2.68 bits per heavy atom. The molecule has 2 rings (SSSR count). The van der Waals surface area contributed by atoms with E-state index in [1.165, 1.54) is 16.9 Å². The maximum atomic E-state index is 12.3. The van der Waals surface area contributed by atoms with Gasteiger partial charge in [0.15, 0.2) is 0 Å². The Labute approximate surface area is 119 Å². The SMILES string of the molecule is CSc1ccc(CN(C)C(=O)C2CCCCN2)cc1. The van der Waals surface area contributed by atoms with E-state index < -0.39 is 0 Å². The minimum absolute atomic E-state index is 0.0178. The van der Waals surface area contributed by atoms with Crippen molar-refractivity contribution in [1.82, 2.24) is 10.2 Å². The highest BCUT2D eigenvalue weighted by molar-refractivity contribution is 7.98. The number of hydrogen-bond donors (Lipinski definition) is 1. The van der Waals surface area contributed by atoms with Gasteiger partial charge >= 0.3 is 0 Å². The average molecular weight is 278 g/mol. The summed E-state index contributed by atoms with van der Waals surface area (Å²) in [6, 6.07) is 8.44. The van der Waals surface area contributed by atoms with Crippen molar-refractivity contribution < 1.29 is 4.79 Å². The summed E-state index contributed by atoms with van der Waals surface area (Å²) in [5, 5.41) is 3.31. The number of likely N-dealkylation sites (N-methyl/N-ethyl adjacent to an activating group) is 1. The highest BCUT2D eigenvalue weighted by Gasteiger charge is 2.23. The van der Waals surface area contributed by atoms with Crippen LogP contribution in [0.15, 0.2) is 29.2 Å². The summed E-state index contributed by atoms with van der Waals surface area (Å²) in [6.45, 7) is 1.65. The molecule has 1 aliphatic heterocycles. The van der Waals surface area contributed by atoms with Crippen LogP contribution in [0.1, 0.15) is 24.8 Å². The van der Waals surface area contributed by atoms with E-state index in [0.717, 1.165) is 19.4 Å². The first-order valence-corrected chi connectivity index (χ1v) is 8.04. The van der Waals surface area contributed by atoms with E-state index in [9.17, 15) is 4.79 Å². The number of amides is 1. The lowest BCUT2D eigenvalue weighted by molar-refractivity contribution is -0.133. The van der Waals surface area contributed by atoms with Crippen LogP contribution in [0.3, 0.4) is 0 Å². The Hall–Kier alpha value is -1.00. The summed E-state index contributed by atoms with van der Waals surface area (Å²) < 4.78 is 0. The Kier molecular flexibility index (Phi) is 5.28. The van der Waals surface area contributed by atoms with Crippen LogP contribution in [-0.2, 0) is 11.3 Å². The second-order valence-corrected chi connectivity index (χ2v) is 5.92. The van der Waals surface area contributed by atoms with Crippen LogP contribution in [0, 0.1) is 0 Å². The fourth-order valence-electron chi connectivity index (χ4n) is 2.41. The van der Waals surface area contributed by atoms with Crippen LogP contribution in [-0.4, -0.2) is 36.7 Å². The van der Waals surface area contributed by atoms with Gasteiger partial charge in [-0.25, -0.2) is 0 Å². The molecule has 1 fully saturated rings. The molecule has 0 spiro atoms. The molecule has 1 unspecified atom stereocenters. The van der Waals surface area contributed by atoms with E-state index in [0.29, 0.717) is 6.54 Å². The van der Waals surface area contributed by atoms with E-state index in [1.54, 1.807) is 11.8 Å². The number of thioether (sulfide) groups is 1. The quantitative estimate of drug-likeness (QED) is 0.859. The van der Waals surface area contributed by atoms with Gasteiger partial charge in [-0.2, -0.15) is 0 Å². The van der Waals surface area contributed by atoms with E-state index in [4.69, 9.17) is 0 Å². The van der Waals surface area contributed by atoms with Gasteiger partial charge in [-0.1, -0.05) is 18.6 Å². The van der Waals surface area contributed by atoms with Crippen molar-refractivity contribution in [2.45, 2.75) is 36.7 Å². The number of rotatable bonds is 4. The molecule has 1 aromatic rings. The predicted octanol–water partition coefficient (Wildman–Crippen LogP) is 2.51. The number of benzene rings is 1. The van der Waals surface area contributed by atoms with Crippen molar-refractivity contribution in [3.8, 4) is 0 Å². The van der Waals surface area contributed by atoms with Crippen LogP contribution in [0.25, 0.3) is 0 Å². The third-order valence-electron chi connectivity index (χ3n) is 3.56. The fourth-order valence-corrected chi connectivity index (χ4v) is 2.82. The highest BCUT2D eigenvalue weighted by Crippen LogP contribution is 2.16. The molecule has 1 heterocycles. The molecule has 1 aromatic carbocycles. The van der Waals surface area contributed by atoms with Crippen molar-refractivity contribution in [3.05, 3.63) is 29.8 Å². The molecule has 1 amide bonds. The second kappa shape index (κ2) is 6.96. The summed E-state index contributed by atoms with van der Waals surface area (Å²) in [6.07, 6.45) is 5.37. The monoisotopic (exact) mass is 278 g/mol. The Morgan fingerprint density at radius 2 is 2.11 bits per heavy atom. The van der Waals surface area contributed by atoms with Crippen LogP contribution >= 0.6 is 11.8 Å². The maximum Gasteiger partial charge on any atom is 0.239 e. The van der Waals surface area contributed by atoms with Gasteiger partial charge in [-0.15, -0.1) is 11.8 Å². The average Bonchev–Trinajstić information content (AvgIpc) is 2.48. The smallest absolute Gasteiger partial charge is 0.239 e. The highest BCUT2D eigenvalue weighted by atomic mass is 32.2. The summed E-state index contributed by atoms with van der Waals surface area (Å²) in [5.74, 6) is 0.216. The third-order valence-corrected chi connectivity index (χ3v) is 4.31. The molecule has 4 heteroatoms. The summed E-state index contributed by atoms with van der Waals surface area (Å²) in [4.78, 5) is 15.4. The van der Waals surface area contributed by atoms with Crippen molar-refractivity contribution in [2.75, 3.05) is 19.8 Å². The minimum Gasteiger partial charge on any atom is -0.340 e. The topological polar surface area (TPSA) is 32.3 Å². The van der Waals surface area contributed by atoms with Crippen LogP contribution in [0.2, 0.25) is 0 Å². The van der Waals surface area contributed by atoms with Gasteiger partial charge in [0.2, 0.25) is 5.91 Å². The Bertz CT molecular complexity index is 413. The number of carbonyl (C=O) groups excluding carboxylic acids is 1. The molecule has 19 heavy (non-hydrogen) atoms. The molecule has 3 nitrogen and oxygen atoms in total. The van der Waals surface area contributed by atoms with Gasteiger partial charge in [-0.3, -0.25) is 4.79 Å². The minimum atomic E-state index is 0.0178. The molecule has 1 aliphatic rings. The zero-order chi connectivity index (χ0) is 13.7. The third kappa shape index (κ3) is 3.98. The molecule has 0 saturated carbocycles. The molecule has 1 N–H and O–H groups in total. The van der Waals surface area contributed by atoms with Gasteiger partial charge in [0.05, 0.1) is 6.04 Å². The molecule has 0 aliphatic carbocycles. The summed E-state index contributed by atoms with van der Waals surface area (Å²) in [7, 11) is 1.89. The molecule has 0 bridgehead atoms. The molecular formula is C15H22N2OS. The lowest BCUT2D eigenvalue weighted by Crippen LogP contribution is -2.46. The lowest BCUT2D eigenvalue weighted by atomic mass is 10.0. The normalized spacial score (nSPS) is 19.2. The largest absolute Gasteiger partial charge is 0.340 e. The summed E-state index contributed by atoms with van der Waals surface area (Å²) in [5.41, 5.74) is 1.18. The second-order valence-electron chi connectivity index (χ2n) is 5.04. The number of hydrogen-bond acceptors (Lipinski definition) is 3. The standard InChI is InChI=1S/C15H22N2OS/c1-17(15(18)14-5-3-4-10-16-14)11-12-6-8-13(19-2)9-7-12/h6-9,14,16H,3-5,10-11H2,1-2H3. The lowest BCUT2D eigenvalue weighted by Gasteiger charge is -2.27. The zero-order valence-electron chi connectivity index (χ0n) is 11.7. The van der Waals surface area contributed by atoms with Crippen LogP contribution in [0.4, 0.5) is 0 Å². The van der Waals surface area contributed by atoms with Gasteiger partial charge in [0.1, 0.15) is 0 Å². The first-order chi connectivity index (χ1) is 9.20. The Balaban J connectivity index is 1.91. The van der Waals surface area contributed by atoms with E-state index >= 15 is 0 Å². The molecule has 104 valence electrons. The van der Waals surface area contributed by atoms with Gasteiger partial charge in [0, 0.05) is 18.5 Å². The van der Waals surface area contributed by atoms with E-state index in [-0.39, 0.29) is 11.9 Å². The van der Waals surface area contributed by atoms with Crippen molar-refractivity contribution in [3.63, 3.8) is 0 Å². The maximum absolute atomic E-state index is 12.3. The van der Waals surface area contributed by atoms with Gasteiger partial charge in [-0.05, 0) is 43.3 Å². The first kappa shape index (κ1) is 14.4. The number of piperidine rings is 1.